The minimum absolute atomic E-state index is 0.0562. The fourth-order valence-electron chi connectivity index (χ4n) is 1.87. The Morgan fingerprint density at radius 3 is 2.39 bits per heavy atom. The van der Waals surface area contributed by atoms with E-state index in [-0.39, 0.29) is 17.7 Å². The van der Waals surface area contributed by atoms with Crippen LogP contribution in [0.2, 0.25) is 0 Å². The van der Waals surface area contributed by atoms with Crippen LogP contribution in [-0.4, -0.2) is 24.1 Å². The molecule has 4 nitrogen and oxygen atoms in total. The Bertz CT molecular complexity index is 462. The van der Waals surface area contributed by atoms with Gasteiger partial charge in [0.2, 0.25) is 0 Å². The van der Waals surface area contributed by atoms with Gasteiger partial charge in [-0.3, -0.25) is 4.90 Å². The Morgan fingerprint density at radius 2 is 1.89 bits per heavy atom. The van der Waals surface area contributed by atoms with E-state index < -0.39 is 17.7 Å². The summed E-state index contributed by atoms with van der Waals surface area (Å²) in [6.45, 7) is 1.71. The minimum atomic E-state index is -1.01. The molecule has 1 fully saturated rings. The third kappa shape index (κ3) is 2.76. The first-order valence-electron chi connectivity index (χ1n) is 5.68. The van der Waals surface area contributed by atoms with E-state index in [1.54, 1.807) is 0 Å². The van der Waals surface area contributed by atoms with E-state index in [1.165, 1.54) is 0 Å². The maximum Gasteiger partial charge on any atom is 0.404 e. The van der Waals surface area contributed by atoms with E-state index in [0.29, 0.717) is 6.54 Å². The second-order valence-corrected chi connectivity index (χ2v) is 4.22. The highest BCUT2D eigenvalue weighted by Crippen LogP contribution is 2.22. The summed E-state index contributed by atoms with van der Waals surface area (Å²) < 4.78 is 31.9. The van der Waals surface area contributed by atoms with Crippen LogP contribution in [0.15, 0.2) is 12.1 Å². The number of primary amides is 1. The van der Waals surface area contributed by atoms with Crippen LogP contribution in [0.1, 0.15) is 17.5 Å². The van der Waals surface area contributed by atoms with Gasteiger partial charge in [-0.1, -0.05) is 0 Å². The second-order valence-electron chi connectivity index (χ2n) is 4.22. The zero-order chi connectivity index (χ0) is 13.1. The molecule has 1 aliphatic heterocycles. The number of rotatable bonds is 4. The summed E-state index contributed by atoms with van der Waals surface area (Å²) in [5.74, 6) is -1.08. The van der Waals surface area contributed by atoms with Crippen molar-refractivity contribution in [2.24, 2.45) is 5.73 Å². The smallest absolute Gasteiger partial charge is 0.404 e. The van der Waals surface area contributed by atoms with Crippen molar-refractivity contribution in [1.29, 1.82) is 0 Å². The lowest BCUT2D eigenvalue weighted by Gasteiger charge is -2.31. The number of ether oxygens (including phenoxy) is 1. The highest BCUT2D eigenvalue weighted by atomic mass is 19.1. The molecule has 0 radical (unpaired) electrons. The van der Waals surface area contributed by atoms with Crippen LogP contribution in [0, 0.1) is 11.6 Å². The number of halogens is 2. The lowest BCUT2D eigenvalue weighted by Crippen LogP contribution is -2.37. The second kappa shape index (κ2) is 5.30. The highest BCUT2D eigenvalue weighted by Gasteiger charge is 2.20. The molecule has 1 aliphatic rings. The zero-order valence-corrected chi connectivity index (χ0v) is 9.79. The normalized spacial score (nSPS) is 15.2. The lowest BCUT2D eigenvalue weighted by atomic mass is 10.0. The summed E-state index contributed by atoms with van der Waals surface area (Å²) in [5.41, 5.74) is 5.12. The summed E-state index contributed by atoms with van der Waals surface area (Å²) in [5, 5.41) is 0. The number of nitrogens with two attached hydrogens (primary N) is 1. The predicted molar refractivity (Wildman–Crippen MR) is 60.6 cm³/mol. The molecule has 1 aromatic rings. The highest BCUT2D eigenvalue weighted by molar-refractivity contribution is 5.64. The molecule has 0 aliphatic carbocycles. The molecule has 0 spiro atoms. The average molecular weight is 256 g/mol. The SMILES string of the molecule is NC(=O)OCc1c(F)ccc(F)c1CN1CCC1. The molecule has 2 N–H and O–H groups in total. The van der Waals surface area contributed by atoms with Gasteiger partial charge in [0.05, 0.1) is 0 Å². The maximum absolute atomic E-state index is 13.7. The number of nitrogens with zero attached hydrogens (tertiary/aromatic N) is 1. The maximum atomic E-state index is 13.7. The molecule has 0 saturated carbocycles. The van der Waals surface area contributed by atoms with Gasteiger partial charge in [-0.25, -0.2) is 13.6 Å². The van der Waals surface area contributed by atoms with Crippen molar-refractivity contribution >= 4 is 6.09 Å². The largest absolute Gasteiger partial charge is 0.445 e. The van der Waals surface area contributed by atoms with Gasteiger partial charge in [0, 0.05) is 17.7 Å². The lowest BCUT2D eigenvalue weighted by molar-refractivity contribution is 0.145. The fraction of sp³-hybridized carbons (Fsp3) is 0.417. The molecule has 0 aromatic heterocycles. The van der Waals surface area contributed by atoms with Crippen molar-refractivity contribution in [2.75, 3.05) is 13.1 Å². The molecule has 2 rings (SSSR count). The summed E-state index contributed by atoms with van der Waals surface area (Å²) in [6.07, 6.45) is 0.0536. The van der Waals surface area contributed by atoms with Crippen LogP contribution in [0.3, 0.4) is 0 Å². The Hall–Kier alpha value is -1.69. The van der Waals surface area contributed by atoms with Crippen molar-refractivity contribution in [3.63, 3.8) is 0 Å². The number of hydrogen-bond donors (Lipinski definition) is 1. The van der Waals surface area contributed by atoms with E-state index in [4.69, 9.17) is 5.73 Å². The Kier molecular flexibility index (Phi) is 3.76. The van der Waals surface area contributed by atoms with Crippen LogP contribution in [0.5, 0.6) is 0 Å². The molecule has 1 saturated heterocycles. The first kappa shape index (κ1) is 12.8. The van der Waals surface area contributed by atoms with Gasteiger partial charge in [-0.15, -0.1) is 0 Å². The summed E-state index contributed by atoms with van der Waals surface area (Å²) >= 11 is 0. The molecule has 0 bridgehead atoms. The molecular formula is C12H14F2N2O2. The van der Waals surface area contributed by atoms with Gasteiger partial charge in [0.15, 0.2) is 0 Å². The number of benzene rings is 1. The van der Waals surface area contributed by atoms with Crippen molar-refractivity contribution in [3.05, 3.63) is 34.9 Å². The van der Waals surface area contributed by atoms with E-state index in [2.05, 4.69) is 4.74 Å². The van der Waals surface area contributed by atoms with Crippen LogP contribution in [0.25, 0.3) is 0 Å². The molecule has 98 valence electrons. The summed E-state index contributed by atoms with van der Waals surface area (Å²) in [6, 6.07) is 2.10. The number of likely N-dealkylation sites (tertiary alicyclic amines) is 1. The van der Waals surface area contributed by atoms with Gasteiger partial charge >= 0.3 is 6.09 Å². The van der Waals surface area contributed by atoms with Crippen molar-refractivity contribution in [2.45, 2.75) is 19.6 Å². The van der Waals surface area contributed by atoms with Crippen LogP contribution >= 0.6 is 0 Å². The minimum Gasteiger partial charge on any atom is -0.445 e. The monoisotopic (exact) mass is 256 g/mol. The van der Waals surface area contributed by atoms with Crippen LogP contribution < -0.4 is 5.73 Å². The van der Waals surface area contributed by atoms with Gasteiger partial charge in [-0.2, -0.15) is 0 Å². The fourth-order valence-corrected chi connectivity index (χ4v) is 1.87. The molecule has 1 heterocycles. The molecule has 0 atom stereocenters. The molecule has 1 amide bonds. The number of amides is 1. The quantitative estimate of drug-likeness (QED) is 0.893. The van der Waals surface area contributed by atoms with Gasteiger partial charge in [0.25, 0.3) is 0 Å². The molecule has 1 aromatic carbocycles. The number of carbonyl (C=O) groups excluding carboxylic acids is 1. The van der Waals surface area contributed by atoms with Crippen molar-refractivity contribution in [3.8, 4) is 0 Å². The van der Waals surface area contributed by atoms with Gasteiger partial charge in [0.1, 0.15) is 18.2 Å². The number of carbonyl (C=O) groups is 1. The molecule has 0 unspecified atom stereocenters. The third-order valence-corrected chi connectivity index (χ3v) is 3.01. The topological polar surface area (TPSA) is 55.6 Å². The average Bonchev–Trinajstić information content (AvgIpc) is 2.26. The number of hydrogen-bond acceptors (Lipinski definition) is 3. The van der Waals surface area contributed by atoms with Gasteiger partial charge < -0.3 is 10.5 Å². The Morgan fingerprint density at radius 1 is 1.28 bits per heavy atom. The van der Waals surface area contributed by atoms with Crippen molar-refractivity contribution in [1.82, 2.24) is 4.90 Å². The van der Waals surface area contributed by atoms with Crippen molar-refractivity contribution < 1.29 is 18.3 Å². The Balaban J connectivity index is 2.22. The summed E-state index contributed by atoms with van der Waals surface area (Å²) in [4.78, 5) is 12.5. The zero-order valence-electron chi connectivity index (χ0n) is 9.79. The first-order chi connectivity index (χ1) is 8.58. The predicted octanol–water partition coefficient (Wildman–Crippen LogP) is 1.77. The van der Waals surface area contributed by atoms with Crippen LogP contribution in [0.4, 0.5) is 13.6 Å². The first-order valence-corrected chi connectivity index (χ1v) is 5.68. The Labute approximate surface area is 103 Å². The molecule has 6 heteroatoms. The third-order valence-electron chi connectivity index (χ3n) is 3.01. The molecular weight excluding hydrogens is 242 g/mol. The van der Waals surface area contributed by atoms with Gasteiger partial charge in [-0.05, 0) is 31.6 Å². The molecule has 18 heavy (non-hydrogen) atoms. The van der Waals surface area contributed by atoms with E-state index >= 15 is 0 Å². The standard InChI is InChI=1S/C12H14F2N2O2/c13-10-2-3-11(14)9(7-18-12(15)17)8(10)6-16-4-1-5-16/h2-3H,1,4-7H2,(H2,15,17). The van der Waals surface area contributed by atoms with E-state index in [0.717, 1.165) is 31.6 Å². The van der Waals surface area contributed by atoms with E-state index in [1.807, 2.05) is 4.90 Å². The van der Waals surface area contributed by atoms with Crippen LogP contribution in [-0.2, 0) is 17.9 Å². The summed E-state index contributed by atoms with van der Waals surface area (Å²) in [7, 11) is 0. The van der Waals surface area contributed by atoms with E-state index in [9.17, 15) is 13.6 Å².